The van der Waals surface area contributed by atoms with Crippen LogP contribution in [0.1, 0.15) is 22.2 Å². The molecule has 0 bridgehead atoms. The number of nitrogens with one attached hydrogen (secondary N) is 2. The summed E-state index contributed by atoms with van der Waals surface area (Å²) in [5.74, 6) is 0.817. The Morgan fingerprint density at radius 3 is 2.57 bits per heavy atom. The first-order chi connectivity index (χ1) is 11.1. The Labute approximate surface area is 135 Å². The maximum absolute atomic E-state index is 12.4. The molecule has 4 nitrogen and oxygen atoms in total. The van der Waals surface area contributed by atoms with Crippen molar-refractivity contribution in [3.05, 3.63) is 72.2 Å². The van der Waals surface area contributed by atoms with Crippen molar-refractivity contribution in [1.82, 2.24) is 5.32 Å². The number of likely N-dealkylation sites (N-methyl/N-ethyl adjacent to an activating group) is 1. The van der Waals surface area contributed by atoms with E-state index in [4.69, 9.17) is 4.42 Å². The van der Waals surface area contributed by atoms with Crippen molar-refractivity contribution < 1.29 is 14.1 Å². The molecule has 0 unspecified atom stereocenters. The molecule has 1 aromatic heterocycles. The molecular weight excluding hydrogens is 288 g/mol. The van der Waals surface area contributed by atoms with E-state index in [0.717, 1.165) is 16.5 Å². The van der Waals surface area contributed by atoms with E-state index in [1.807, 2.05) is 54.6 Å². The summed E-state index contributed by atoms with van der Waals surface area (Å²) in [6.45, 7) is 0.529. The van der Waals surface area contributed by atoms with Gasteiger partial charge in [0.05, 0.1) is 26.9 Å². The Morgan fingerprint density at radius 2 is 1.87 bits per heavy atom. The molecule has 118 valence electrons. The number of carbonyl (C=O) groups is 1. The van der Waals surface area contributed by atoms with Crippen molar-refractivity contribution in [3.63, 3.8) is 0 Å². The molecule has 0 spiro atoms. The van der Waals surface area contributed by atoms with Crippen LogP contribution in [0, 0.1) is 0 Å². The fraction of sp³-hybridized carbons (Fsp3) is 0.211. The van der Waals surface area contributed by atoms with Crippen LogP contribution in [0.15, 0.2) is 65.3 Å². The van der Waals surface area contributed by atoms with Gasteiger partial charge in [0.25, 0.3) is 5.91 Å². The topological polar surface area (TPSA) is 46.7 Å². The summed E-state index contributed by atoms with van der Waals surface area (Å²) in [6.07, 6.45) is 1.66. The first-order valence-electron chi connectivity index (χ1n) is 7.75. The summed E-state index contributed by atoms with van der Waals surface area (Å²) >= 11 is 0. The van der Waals surface area contributed by atoms with Crippen LogP contribution in [-0.4, -0.2) is 26.5 Å². The van der Waals surface area contributed by atoms with Gasteiger partial charge in [-0.3, -0.25) is 4.79 Å². The number of rotatable bonds is 5. The number of fused-ring (bicyclic) bond motifs is 1. The van der Waals surface area contributed by atoms with Crippen molar-refractivity contribution in [3.8, 4) is 0 Å². The molecule has 0 aliphatic carbocycles. The molecular formula is C19H21N2O2+. The molecule has 0 aliphatic rings. The van der Waals surface area contributed by atoms with Gasteiger partial charge in [0.15, 0.2) is 11.8 Å². The monoisotopic (exact) mass is 309 g/mol. The van der Waals surface area contributed by atoms with Gasteiger partial charge in [-0.2, -0.15) is 0 Å². The van der Waals surface area contributed by atoms with Gasteiger partial charge in [0, 0.05) is 5.56 Å². The lowest BCUT2D eigenvalue weighted by Gasteiger charge is -2.19. The zero-order valence-corrected chi connectivity index (χ0v) is 13.4. The van der Waals surface area contributed by atoms with E-state index in [0.29, 0.717) is 12.1 Å². The van der Waals surface area contributed by atoms with Gasteiger partial charge in [-0.15, -0.1) is 0 Å². The lowest BCUT2D eigenvalue weighted by atomic mass is 10.1. The number of hydrogen-bond acceptors (Lipinski definition) is 2. The zero-order valence-electron chi connectivity index (χ0n) is 13.4. The number of quaternary nitrogens is 1. The Morgan fingerprint density at radius 1 is 1.09 bits per heavy atom. The minimum Gasteiger partial charge on any atom is -0.463 e. The number of hydrogen-bond donors (Lipinski definition) is 2. The Hall–Kier alpha value is -2.59. The molecule has 1 amide bonds. The predicted molar refractivity (Wildman–Crippen MR) is 90.5 cm³/mol. The van der Waals surface area contributed by atoms with Crippen LogP contribution in [0.2, 0.25) is 0 Å². The normalized spacial score (nSPS) is 12.5. The number of furan rings is 1. The van der Waals surface area contributed by atoms with Gasteiger partial charge in [-0.1, -0.05) is 30.3 Å². The molecule has 23 heavy (non-hydrogen) atoms. The van der Waals surface area contributed by atoms with Gasteiger partial charge >= 0.3 is 0 Å². The molecule has 2 aromatic carbocycles. The minimum atomic E-state index is -0.0615. The minimum absolute atomic E-state index is 0.0615. The molecule has 4 heteroatoms. The Balaban J connectivity index is 1.72. The Kier molecular flexibility index (Phi) is 4.44. The summed E-state index contributed by atoms with van der Waals surface area (Å²) in [6, 6.07) is 17.7. The second-order valence-electron chi connectivity index (χ2n) is 5.92. The molecule has 1 heterocycles. The lowest BCUT2D eigenvalue weighted by molar-refractivity contribution is -0.891. The van der Waals surface area contributed by atoms with Gasteiger partial charge in [-0.05, 0) is 35.0 Å². The largest absolute Gasteiger partial charge is 0.463 e. The van der Waals surface area contributed by atoms with Gasteiger partial charge in [-0.25, -0.2) is 0 Å². The predicted octanol–water partition coefficient (Wildman–Crippen LogP) is 2.05. The van der Waals surface area contributed by atoms with E-state index >= 15 is 0 Å². The SMILES string of the molecule is C[NH+](C)[C@H](CNC(=O)c1ccc2ccccc2c1)c1ccco1. The van der Waals surface area contributed by atoms with Gasteiger partial charge in [0.1, 0.15) is 0 Å². The standard InChI is InChI=1S/C19H20N2O2/c1-21(2)17(18-8-5-11-23-18)13-20-19(22)16-10-9-14-6-3-4-7-15(14)12-16/h3-12,17H,13H2,1-2H3,(H,20,22)/p+1/t17-/m1/s1. The molecule has 2 N–H and O–H groups in total. The van der Waals surface area contributed by atoms with E-state index in [-0.39, 0.29) is 11.9 Å². The second kappa shape index (κ2) is 6.67. The maximum atomic E-state index is 12.4. The molecule has 0 saturated heterocycles. The first kappa shape index (κ1) is 15.3. The number of amides is 1. The Bertz CT molecular complexity index is 794. The average Bonchev–Trinajstić information content (AvgIpc) is 3.08. The molecule has 3 aromatic rings. The third kappa shape index (κ3) is 3.43. The third-order valence-electron chi connectivity index (χ3n) is 4.06. The smallest absolute Gasteiger partial charge is 0.251 e. The molecule has 1 atom stereocenters. The van der Waals surface area contributed by atoms with Crippen molar-refractivity contribution in [1.29, 1.82) is 0 Å². The van der Waals surface area contributed by atoms with Crippen LogP contribution >= 0.6 is 0 Å². The van der Waals surface area contributed by atoms with Crippen LogP contribution in [-0.2, 0) is 0 Å². The molecule has 0 saturated carbocycles. The lowest BCUT2D eigenvalue weighted by Crippen LogP contribution is -3.07. The van der Waals surface area contributed by atoms with Crippen molar-refractivity contribution in [2.75, 3.05) is 20.6 Å². The summed E-state index contributed by atoms with van der Waals surface area (Å²) in [5.41, 5.74) is 0.677. The van der Waals surface area contributed by atoms with Crippen LogP contribution in [0.3, 0.4) is 0 Å². The quantitative estimate of drug-likeness (QED) is 0.758. The van der Waals surface area contributed by atoms with E-state index in [2.05, 4.69) is 19.4 Å². The molecule has 3 rings (SSSR count). The van der Waals surface area contributed by atoms with Gasteiger partial charge in [0.2, 0.25) is 0 Å². The van der Waals surface area contributed by atoms with Crippen LogP contribution in [0.5, 0.6) is 0 Å². The zero-order chi connectivity index (χ0) is 16.2. The molecule has 0 aliphatic heterocycles. The van der Waals surface area contributed by atoms with E-state index in [9.17, 15) is 4.79 Å². The third-order valence-corrected chi connectivity index (χ3v) is 4.06. The highest BCUT2D eigenvalue weighted by molar-refractivity contribution is 5.98. The first-order valence-corrected chi connectivity index (χ1v) is 7.75. The molecule has 0 fully saturated rings. The highest BCUT2D eigenvalue weighted by Gasteiger charge is 2.21. The van der Waals surface area contributed by atoms with E-state index < -0.39 is 0 Å². The summed E-state index contributed by atoms with van der Waals surface area (Å²) < 4.78 is 5.48. The maximum Gasteiger partial charge on any atom is 0.251 e. The van der Waals surface area contributed by atoms with Crippen molar-refractivity contribution in [2.24, 2.45) is 0 Å². The van der Waals surface area contributed by atoms with Crippen LogP contribution < -0.4 is 10.2 Å². The van der Waals surface area contributed by atoms with E-state index in [1.165, 1.54) is 4.90 Å². The number of carbonyl (C=O) groups excluding carboxylic acids is 1. The van der Waals surface area contributed by atoms with Gasteiger partial charge < -0.3 is 14.6 Å². The highest BCUT2D eigenvalue weighted by Crippen LogP contribution is 2.16. The second-order valence-corrected chi connectivity index (χ2v) is 5.92. The van der Waals surface area contributed by atoms with Crippen molar-refractivity contribution in [2.45, 2.75) is 6.04 Å². The fourth-order valence-electron chi connectivity index (χ4n) is 2.71. The van der Waals surface area contributed by atoms with Crippen LogP contribution in [0.25, 0.3) is 10.8 Å². The summed E-state index contributed by atoms with van der Waals surface area (Å²) in [7, 11) is 4.10. The number of benzene rings is 2. The summed E-state index contributed by atoms with van der Waals surface area (Å²) in [4.78, 5) is 13.6. The molecule has 0 radical (unpaired) electrons. The average molecular weight is 309 g/mol. The van der Waals surface area contributed by atoms with E-state index in [1.54, 1.807) is 6.26 Å². The van der Waals surface area contributed by atoms with Crippen molar-refractivity contribution >= 4 is 16.7 Å². The highest BCUT2D eigenvalue weighted by atomic mass is 16.3. The van der Waals surface area contributed by atoms with Crippen LogP contribution in [0.4, 0.5) is 0 Å². The fourth-order valence-corrected chi connectivity index (χ4v) is 2.71. The summed E-state index contributed by atoms with van der Waals surface area (Å²) in [5, 5.41) is 5.22.